The number of amides is 1. The number of benzene rings is 1. The molecule has 4 rings (SSSR count). The van der Waals surface area contributed by atoms with Gasteiger partial charge < -0.3 is 5.32 Å². The van der Waals surface area contributed by atoms with E-state index in [0.717, 1.165) is 12.8 Å². The van der Waals surface area contributed by atoms with Crippen LogP contribution in [0.2, 0.25) is 0 Å². The number of nitro benzene ring substituents is 1. The molecule has 1 amide bonds. The summed E-state index contributed by atoms with van der Waals surface area (Å²) >= 11 is 0. The molecule has 3 aliphatic carbocycles. The third-order valence-electron chi connectivity index (χ3n) is 4.24. The largest absolute Gasteiger partial charge is 0.326 e. The molecule has 1 fully saturated rings. The van der Waals surface area contributed by atoms with Gasteiger partial charge in [-0.1, -0.05) is 18.2 Å². The lowest BCUT2D eigenvalue weighted by atomic mass is 9.69. The molecular weight excluding hydrogens is 256 g/mol. The van der Waals surface area contributed by atoms with Crippen molar-refractivity contribution >= 4 is 17.3 Å². The van der Waals surface area contributed by atoms with Crippen LogP contribution in [0.4, 0.5) is 11.4 Å². The maximum atomic E-state index is 12.3. The molecule has 104 valence electrons. The Labute approximate surface area is 116 Å². The number of nitrogens with one attached hydrogen (secondary N) is 1. The number of hydrogen-bond donors (Lipinski definition) is 1. The molecule has 20 heavy (non-hydrogen) atoms. The summed E-state index contributed by atoms with van der Waals surface area (Å²) in [4.78, 5) is 22.6. The zero-order valence-electron chi connectivity index (χ0n) is 11.0. The fourth-order valence-corrected chi connectivity index (χ4v) is 3.17. The standard InChI is InChI=1S/C15H16N2O3/c18-15(14-8-10-4-6-11(14)7-5-10)16-12-2-1-3-13(9-12)17(19)20/h1-4,6,9-11,14H,5,7-8H2,(H,16,18)/t10-,11-,14+/m0/s1. The van der Waals surface area contributed by atoms with Crippen LogP contribution in [0.1, 0.15) is 19.3 Å². The first-order chi connectivity index (χ1) is 9.63. The Bertz CT molecular complexity index is 582. The molecule has 5 heteroatoms. The second-order valence-electron chi connectivity index (χ2n) is 5.53. The maximum absolute atomic E-state index is 12.3. The smallest absolute Gasteiger partial charge is 0.271 e. The van der Waals surface area contributed by atoms with E-state index in [4.69, 9.17) is 0 Å². The molecule has 0 heterocycles. The van der Waals surface area contributed by atoms with Gasteiger partial charge >= 0.3 is 0 Å². The summed E-state index contributed by atoms with van der Waals surface area (Å²) in [6.07, 6.45) is 7.48. The summed E-state index contributed by atoms with van der Waals surface area (Å²) in [5.74, 6) is 0.808. The molecule has 1 aromatic carbocycles. The zero-order chi connectivity index (χ0) is 14.1. The lowest BCUT2D eigenvalue weighted by molar-refractivity contribution is -0.384. The predicted octanol–water partition coefficient (Wildman–Crippen LogP) is 3.14. The Hall–Kier alpha value is -2.17. The van der Waals surface area contributed by atoms with Crippen LogP contribution in [0.5, 0.6) is 0 Å². The maximum Gasteiger partial charge on any atom is 0.271 e. The number of anilines is 1. The van der Waals surface area contributed by atoms with E-state index in [2.05, 4.69) is 17.5 Å². The van der Waals surface area contributed by atoms with E-state index in [1.165, 1.54) is 18.6 Å². The lowest BCUT2D eigenvalue weighted by Crippen LogP contribution is -2.36. The molecule has 0 aliphatic heterocycles. The first kappa shape index (κ1) is 12.8. The predicted molar refractivity (Wildman–Crippen MR) is 75.2 cm³/mol. The third kappa shape index (κ3) is 2.43. The number of allylic oxidation sites excluding steroid dienone is 2. The van der Waals surface area contributed by atoms with Crippen molar-refractivity contribution in [2.45, 2.75) is 19.3 Å². The topological polar surface area (TPSA) is 72.2 Å². The number of hydrogen-bond acceptors (Lipinski definition) is 3. The SMILES string of the molecule is O=C(Nc1cccc([N+](=O)[O-])c1)[C@@H]1C[C@H]2C=C[C@H]1CC2. The zero-order valence-corrected chi connectivity index (χ0v) is 11.0. The normalized spacial score (nSPS) is 27.3. The Morgan fingerprint density at radius 3 is 2.75 bits per heavy atom. The van der Waals surface area contributed by atoms with Gasteiger partial charge in [0.1, 0.15) is 0 Å². The average molecular weight is 272 g/mol. The summed E-state index contributed by atoms with van der Waals surface area (Å²) in [5, 5.41) is 13.5. The minimum absolute atomic E-state index is 0.00184. The summed E-state index contributed by atoms with van der Waals surface area (Å²) < 4.78 is 0. The minimum Gasteiger partial charge on any atom is -0.326 e. The van der Waals surface area contributed by atoms with Crippen LogP contribution >= 0.6 is 0 Å². The van der Waals surface area contributed by atoms with Crippen molar-refractivity contribution in [1.29, 1.82) is 0 Å². The summed E-state index contributed by atoms with van der Waals surface area (Å²) in [7, 11) is 0. The molecule has 5 nitrogen and oxygen atoms in total. The molecule has 0 radical (unpaired) electrons. The van der Waals surface area contributed by atoms with Crippen LogP contribution in [0.25, 0.3) is 0 Å². The fraction of sp³-hybridized carbons (Fsp3) is 0.400. The second-order valence-corrected chi connectivity index (χ2v) is 5.53. The van der Waals surface area contributed by atoms with Crippen LogP contribution in [-0.4, -0.2) is 10.8 Å². The van der Waals surface area contributed by atoms with E-state index < -0.39 is 4.92 Å². The van der Waals surface area contributed by atoms with Gasteiger partial charge in [0.2, 0.25) is 5.91 Å². The van der Waals surface area contributed by atoms with Gasteiger partial charge in [-0.25, -0.2) is 0 Å². The molecule has 1 saturated carbocycles. The van der Waals surface area contributed by atoms with Crippen molar-refractivity contribution in [3.8, 4) is 0 Å². The van der Waals surface area contributed by atoms with Gasteiger partial charge in [-0.15, -0.1) is 0 Å². The van der Waals surface area contributed by atoms with Crippen molar-refractivity contribution in [2.75, 3.05) is 5.32 Å². The number of carbonyl (C=O) groups is 1. The number of rotatable bonds is 3. The van der Waals surface area contributed by atoms with Crippen LogP contribution in [0.15, 0.2) is 36.4 Å². The van der Waals surface area contributed by atoms with E-state index in [1.807, 2.05) is 0 Å². The van der Waals surface area contributed by atoms with Crippen molar-refractivity contribution in [2.24, 2.45) is 17.8 Å². The minimum atomic E-state index is -0.457. The number of carbonyl (C=O) groups excluding carboxylic acids is 1. The summed E-state index contributed by atoms with van der Waals surface area (Å²) in [5.41, 5.74) is 0.488. The molecule has 1 aromatic rings. The van der Waals surface area contributed by atoms with Gasteiger partial charge in [-0.05, 0) is 37.2 Å². The molecule has 1 N–H and O–H groups in total. The Balaban J connectivity index is 1.72. The highest BCUT2D eigenvalue weighted by molar-refractivity contribution is 5.93. The molecule has 3 atom stereocenters. The van der Waals surface area contributed by atoms with E-state index >= 15 is 0 Å². The van der Waals surface area contributed by atoms with Gasteiger partial charge in [0.25, 0.3) is 5.69 Å². The van der Waals surface area contributed by atoms with Gasteiger partial charge in [0.05, 0.1) is 4.92 Å². The van der Waals surface area contributed by atoms with Crippen LogP contribution in [0.3, 0.4) is 0 Å². The first-order valence-electron chi connectivity index (χ1n) is 6.87. The van der Waals surface area contributed by atoms with E-state index in [0.29, 0.717) is 17.5 Å². The van der Waals surface area contributed by atoms with Gasteiger partial charge in [-0.2, -0.15) is 0 Å². The quantitative estimate of drug-likeness (QED) is 0.522. The molecule has 3 aliphatic rings. The summed E-state index contributed by atoms with van der Waals surface area (Å²) in [6.45, 7) is 0. The lowest BCUT2D eigenvalue weighted by Gasteiger charge is -2.36. The van der Waals surface area contributed by atoms with Gasteiger partial charge in [-0.3, -0.25) is 14.9 Å². The molecule has 0 unspecified atom stereocenters. The third-order valence-corrected chi connectivity index (χ3v) is 4.24. The average Bonchev–Trinajstić information content (AvgIpc) is 2.48. The summed E-state index contributed by atoms with van der Waals surface area (Å²) in [6, 6.07) is 6.08. The second kappa shape index (κ2) is 5.07. The number of fused-ring (bicyclic) bond motifs is 2. The molecule has 0 saturated heterocycles. The molecule has 0 aromatic heterocycles. The Morgan fingerprint density at radius 2 is 2.15 bits per heavy atom. The Kier molecular flexibility index (Phi) is 3.26. The monoisotopic (exact) mass is 272 g/mol. The molecule has 0 spiro atoms. The number of non-ortho nitro benzene ring substituents is 1. The van der Waals surface area contributed by atoms with Crippen molar-refractivity contribution in [1.82, 2.24) is 0 Å². The van der Waals surface area contributed by atoms with Crippen LogP contribution < -0.4 is 5.32 Å². The number of nitrogens with zero attached hydrogens (tertiary/aromatic N) is 1. The highest BCUT2D eigenvalue weighted by Gasteiger charge is 2.36. The van der Waals surface area contributed by atoms with E-state index in [-0.39, 0.29) is 17.5 Å². The van der Waals surface area contributed by atoms with Crippen LogP contribution in [-0.2, 0) is 4.79 Å². The van der Waals surface area contributed by atoms with Gasteiger partial charge in [0.15, 0.2) is 0 Å². The fourth-order valence-electron chi connectivity index (χ4n) is 3.17. The molecule has 2 bridgehead atoms. The van der Waals surface area contributed by atoms with Crippen LogP contribution in [0, 0.1) is 27.9 Å². The first-order valence-corrected chi connectivity index (χ1v) is 6.87. The van der Waals surface area contributed by atoms with E-state index in [9.17, 15) is 14.9 Å². The Morgan fingerprint density at radius 1 is 1.30 bits per heavy atom. The van der Waals surface area contributed by atoms with Crippen molar-refractivity contribution in [3.05, 3.63) is 46.5 Å². The van der Waals surface area contributed by atoms with E-state index in [1.54, 1.807) is 12.1 Å². The highest BCUT2D eigenvalue weighted by Crippen LogP contribution is 2.40. The molecular formula is C15H16N2O3. The number of nitro groups is 1. The highest BCUT2D eigenvalue weighted by atomic mass is 16.6. The van der Waals surface area contributed by atoms with Crippen molar-refractivity contribution in [3.63, 3.8) is 0 Å². The van der Waals surface area contributed by atoms with Crippen molar-refractivity contribution < 1.29 is 9.72 Å². The van der Waals surface area contributed by atoms with Gasteiger partial charge in [0, 0.05) is 23.7 Å².